The van der Waals surface area contributed by atoms with E-state index in [1.54, 1.807) is 0 Å². The molecule has 37 heavy (non-hydrogen) atoms. The van der Waals surface area contributed by atoms with Crippen LogP contribution >= 0.6 is 23.1 Å². The number of oxime groups is 1. The van der Waals surface area contributed by atoms with E-state index >= 15 is 0 Å². The van der Waals surface area contributed by atoms with Crippen LogP contribution in [0.5, 0.6) is 0 Å². The Balaban J connectivity index is 0.00000380. The summed E-state index contributed by atoms with van der Waals surface area (Å²) in [6.45, 7) is 0.907. The molecule has 3 aliphatic rings. The summed E-state index contributed by atoms with van der Waals surface area (Å²) in [5.41, 5.74) is 3.74. The lowest BCUT2D eigenvalue weighted by Gasteiger charge is -2.49. The van der Waals surface area contributed by atoms with Crippen LogP contribution in [0, 0.1) is 0 Å². The van der Waals surface area contributed by atoms with E-state index in [1.165, 1.54) is 24.1 Å². The van der Waals surface area contributed by atoms with Gasteiger partial charge >= 0.3 is 17.9 Å². The highest BCUT2D eigenvalue weighted by Crippen LogP contribution is 2.40. The molecule has 2 aliphatic heterocycles. The molecule has 0 bridgehead atoms. The van der Waals surface area contributed by atoms with Gasteiger partial charge in [-0.2, -0.15) is 0 Å². The van der Waals surface area contributed by atoms with Gasteiger partial charge in [0.15, 0.2) is 10.8 Å². The number of fused-ring (bicyclic) bond motifs is 1. The van der Waals surface area contributed by atoms with Gasteiger partial charge in [0, 0.05) is 36.5 Å². The standard InChI is InChI=1S/C20H21N5O9S2.H2O/c1-8(26)33-5-9-6-35-16-12(15(28)25(16)13(9)17(29)30)23-14(27)11(10-7-36-19(21)22-10)24-34-20(18(31)32)3-2-4-20;/h7,12,16H,2-6H2,1H3,(H2,21,22)(H,23,27)(H,29,30)(H,31,32);1H2/b24-11-;/t12-,16-;/m1./s1. The van der Waals surface area contributed by atoms with Crippen LogP contribution in [-0.2, 0) is 33.5 Å². The summed E-state index contributed by atoms with van der Waals surface area (Å²) in [7, 11) is 0. The Hall–Kier alpha value is -3.70. The molecule has 3 heterocycles. The van der Waals surface area contributed by atoms with Gasteiger partial charge < -0.3 is 36.3 Å². The van der Waals surface area contributed by atoms with Gasteiger partial charge in [0.2, 0.25) is 5.60 Å². The molecule has 1 saturated heterocycles. The zero-order chi connectivity index (χ0) is 26.2. The van der Waals surface area contributed by atoms with Crippen LogP contribution in [-0.4, -0.2) is 90.4 Å². The monoisotopic (exact) mass is 557 g/mol. The van der Waals surface area contributed by atoms with Gasteiger partial charge in [-0.1, -0.05) is 5.16 Å². The minimum atomic E-state index is -1.55. The number of β-lactam (4-membered cyclic amide) rings is 1. The molecular weight excluding hydrogens is 534 g/mol. The van der Waals surface area contributed by atoms with Crippen molar-refractivity contribution in [2.24, 2.45) is 5.16 Å². The minimum absolute atomic E-state index is 0. The Labute approximate surface area is 217 Å². The number of nitrogen functional groups attached to an aromatic ring is 1. The number of rotatable bonds is 9. The molecule has 2 amide bonds. The van der Waals surface area contributed by atoms with Crippen molar-refractivity contribution >= 4 is 63.7 Å². The van der Waals surface area contributed by atoms with Crippen molar-refractivity contribution in [1.29, 1.82) is 0 Å². The summed E-state index contributed by atoms with van der Waals surface area (Å²) < 4.78 is 4.89. The number of aromatic nitrogens is 1. The fraction of sp³-hybridized carbons (Fsp3) is 0.450. The van der Waals surface area contributed by atoms with Crippen molar-refractivity contribution in [1.82, 2.24) is 15.2 Å². The van der Waals surface area contributed by atoms with Crippen molar-refractivity contribution in [3.05, 3.63) is 22.3 Å². The predicted molar refractivity (Wildman–Crippen MR) is 128 cm³/mol. The van der Waals surface area contributed by atoms with Gasteiger partial charge in [0.05, 0.1) is 0 Å². The van der Waals surface area contributed by atoms with Crippen molar-refractivity contribution in [3.8, 4) is 0 Å². The lowest BCUT2D eigenvalue weighted by Crippen LogP contribution is -2.71. The molecule has 1 aromatic rings. The summed E-state index contributed by atoms with van der Waals surface area (Å²) in [4.78, 5) is 70.9. The highest BCUT2D eigenvalue weighted by molar-refractivity contribution is 8.00. The van der Waals surface area contributed by atoms with Gasteiger partial charge in [-0.15, -0.1) is 23.1 Å². The predicted octanol–water partition coefficient (Wildman–Crippen LogP) is -1.07. The Bertz CT molecular complexity index is 1210. The van der Waals surface area contributed by atoms with Gasteiger partial charge in [-0.05, 0) is 6.42 Å². The highest BCUT2D eigenvalue weighted by atomic mass is 32.2. The summed E-state index contributed by atoms with van der Waals surface area (Å²) in [6, 6.07) is -1.09. The van der Waals surface area contributed by atoms with E-state index < -0.39 is 46.7 Å². The number of hydrogen-bond donors (Lipinski definition) is 4. The average molecular weight is 558 g/mol. The van der Waals surface area contributed by atoms with Crippen LogP contribution in [0.4, 0.5) is 5.13 Å². The van der Waals surface area contributed by atoms with Crippen molar-refractivity contribution in [2.75, 3.05) is 18.1 Å². The maximum absolute atomic E-state index is 13.1. The third-order valence-electron chi connectivity index (χ3n) is 5.83. The van der Waals surface area contributed by atoms with Gasteiger partial charge in [0.1, 0.15) is 29.4 Å². The van der Waals surface area contributed by atoms with Crippen molar-refractivity contribution in [3.63, 3.8) is 0 Å². The van der Waals surface area contributed by atoms with Crippen LogP contribution in [0.1, 0.15) is 31.9 Å². The first-order chi connectivity index (χ1) is 17.0. The van der Waals surface area contributed by atoms with Crippen molar-refractivity contribution < 1.29 is 49.2 Å². The maximum atomic E-state index is 13.1. The number of aliphatic carboxylic acids is 2. The van der Waals surface area contributed by atoms with Gasteiger partial charge in [-0.25, -0.2) is 14.6 Å². The quantitative estimate of drug-likeness (QED) is 0.123. The highest BCUT2D eigenvalue weighted by Gasteiger charge is 2.54. The van der Waals surface area contributed by atoms with E-state index in [4.69, 9.17) is 15.3 Å². The number of carboxylic acid groups (broad SMARTS) is 2. The molecule has 0 aromatic carbocycles. The number of nitrogens with zero attached hydrogens (tertiary/aromatic N) is 3. The number of carboxylic acids is 2. The minimum Gasteiger partial charge on any atom is -0.478 e. The first-order valence-corrected chi connectivity index (χ1v) is 12.5. The molecule has 0 spiro atoms. The van der Waals surface area contributed by atoms with E-state index in [9.17, 15) is 34.2 Å². The molecule has 2 atom stereocenters. The number of nitrogens with one attached hydrogen (secondary N) is 1. The number of nitrogens with two attached hydrogens (primary N) is 1. The number of thioether (sulfide) groups is 1. The zero-order valence-electron chi connectivity index (χ0n) is 19.3. The Morgan fingerprint density at radius 2 is 2.03 bits per heavy atom. The smallest absolute Gasteiger partial charge is 0.352 e. The molecule has 200 valence electrons. The van der Waals surface area contributed by atoms with E-state index in [0.29, 0.717) is 6.42 Å². The Morgan fingerprint density at radius 3 is 2.54 bits per heavy atom. The zero-order valence-corrected chi connectivity index (χ0v) is 20.9. The number of ether oxygens (including phenoxy) is 1. The third-order valence-corrected chi connectivity index (χ3v) is 7.84. The van der Waals surface area contributed by atoms with Crippen molar-refractivity contribution in [2.45, 2.75) is 43.2 Å². The lowest BCUT2D eigenvalue weighted by atomic mass is 9.80. The number of carbonyl (C=O) groups excluding carboxylic acids is 3. The van der Waals surface area contributed by atoms with Crippen LogP contribution in [0.25, 0.3) is 0 Å². The first kappa shape index (κ1) is 27.9. The maximum Gasteiger partial charge on any atom is 0.352 e. The number of hydrogen-bond acceptors (Lipinski definition) is 12. The van der Waals surface area contributed by atoms with E-state index in [0.717, 1.165) is 16.2 Å². The Morgan fingerprint density at radius 1 is 1.32 bits per heavy atom. The number of anilines is 1. The average Bonchev–Trinajstić information content (AvgIpc) is 3.22. The molecule has 1 saturated carbocycles. The molecule has 1 aromatic heterocycles. The SMILES string of the molecule is CC(=O)OCC1=C(C(=O)O)N2C(=O)[C@@H](NC(=O)/C(=N\OC3(C(=O)O)CCC3)c3csc(N)n3)[C@H]2SC1.O. The molecule has 0 unspecified atom stereocenters. The molecule has 17 heteroatoms. The molecule has 1 aliphatic carbocycles. The first-order valence-electron chi connectivity index (χ1n) is 10.6. The molecule has 2 fully saturated rings. The largest absolute Gasteiger partial charge is 0.478 e. The number of esters is 1. The summed E-state index contributed by atoms with van der Waals surface area (Å²) in [5, 5.41) is 26.3. The summed E-state index contributed by atoms with van der Waals surface area (Å²) in [5.74, 6) is -4.57. The fourth-order valence-electron chi connectivity index (χ4n) is 3.77. The summed E-state index contributed by atoms with van der Waals surface area (Å²) in [6.07, 6.45) is 1.06. The molecule has 7 N–H and O–H groups in total. The lowest BCUT2D eigenvalue weighted by molar-refractivity contribution is -0.178. The molecule has 4 rings (SSSR count). The van der Waals surface area contributed by atoms with Crippen LogP contribution in [0.2, 0.25) is 0 Å². The third kappa shape index (κ3) is 5.23. The number of carbonyl (C=O) groups is 5. The van der Waals surface area contributed by atoms with E-state index in [2.05, 4.69) is 15.5 Å². The number of thiazole rings is 1. The van der Waals surface area contributed by atoms with E-state index in [1.807, 2.05) is 0 Å². The van der Waals surface area contributed by atoms with Gasteiger partial charge in [0.25, 0.3) is 11.8 Å². The van der Waals surface area contributed by atoms with Gasteiger partial charge in [-0.3, -0.25) is 19.3 Å². The second-order valence-corrected chi connectivity index (χ2v) is 10.1. The second kappa shape index (κ2) is 10.7. The molecule has 0 radical (unpaired) electrons. The van der Waals surface area contributed by atoms with Crippen LogP contribution < -0.4 is 11.1 Å². The Kier molecular flexibility index (Phi) is 8.09. The molecule has 15 nitrogen and oxygen atoms in total. The number of amides is 2. The second-order valence-electron chi connectivity index (χ2n) is 8.15. The normalized spacial score (nSPS) is 22.0. The van der Waals surface area contributed by atoms with E-state index in [-0.39, 0.29) is 58.5 Å². The van der Waals surface area contributed by atoms with Crippen LogP contribution in [0.15, 0.2) is 21.8 Å². The summed E-state index contributed by atoms with van der Waals surface area (Å²) >= 11 is 2.21. The fourth-order valence-corrected chi connectivity index (χ4v) is 5.64. The van der Waals surface area contributed by atoms with Crippen LogP contribution in [0.3, 0.4) is 0 Å². The molecular formula is C20H23N5O10S2. The topological polar surface area (TPSA) is 242 Å².